The summed E-state index contributed by atoms with van der Waals surface area (Å²) in [7, 11) is 0. The highest BCUT2D eigenvalue weighted by Crippen LogP contribution is 2.24. The monoisotopic (exact) mass is 331 g/mol. The number of hydrogen-bond acceptors (Lipinski definition) is 4. The van der Waals surface area contributed by atoms with E-state index in [1.807, 2.05) is 0 Å². The van der Waals surface area contributed by atoms with Crippen molar-refractivity contribution < 1.29 is 19.6 Å². The van der Waals surface area contributed by atoms with E-state index in [4.69, 9.17) is 11.6 Å². The molecular formula is C17H14ClNO4. The van der Waals surface area contributed by atoms with Crippen LogP contribution in [0.25, 0.3) is 0 Å². The largest absolute Gasteiger partial charge is 0.294 e. The number of ketones is 2. The first-order valence-corrected chi connectivity index (χ1v) is 7.14. The average Bonchev–Trinajstić information content (AvgIpc) is 2.53. The minimum atomic E-state index is -0.771. The molecule has 2 aromatic carbocycles. The van der Waals surface area contributed by atoms with Crippen molar-refractivity contribution >= 4 is 34.8 Å². The van der Waals surface area contributed by atoms with Gasteiger partial charge in [0.1, 0.15) is 0 Å². The van der Waals surface area contributed by atoms with E-state index in [1.165, 1.54) is 44.2 Å². The Balaban J connectivity index is 2.43. The van der Waals surface area contributed by atoms with Gasteiger partial charge >= 0.3 is 0 Å². The maximum atomic E-state index is 12.4. The van der Waals surface area contributed by atoms with Gasteiger partial charge in [0, 0.05) is 11.1 Å². The normalized spacial score (nSPS) is 10.3. The predicted octanol–water partition coefficient (Wildman–Crippen LogP) is 3.78. The van der Waals surface area contributed by atoms with E-state index in [9.17, 15) is 19.6 Å². The van der Waals surface area contributed by atoms with Crippen LogP contribution in [0.3, 0.4) is 0 Å². The van der Waals surface area contributed by atoms with E-state index in [1.54, 1.807) is 12.1 Å². The zero-order valence-corrected chi connectivity index (χ0v) is 13.3. The molecule has 0 aliphatic carbocycles. The summed E-state index contributed by atoms with van der Waals surface area (Å²) in [6, 6.07) is 10.3. The van der Waals surface area contributed by atoms with Crippen LogP contribution in [0, 0.1) is 0 Å². The number of Topliss-reactive ketones (excluding diaryl/α,β-unsaturated/α-hetero) is 2. The molecule has 5 nitrogen and oxygen atoms in total. The van der Waals surface area contributed by atoms with Gasteiger partial charge in [0.2, 0.25) is 0 Å². The van der Waals surface area contributed by atoms with Gasteiger partial charge in [-0.25, -0.2) is 0 Å². The number of carbonyl (C=O) groups is 3. The quantitative estimate of drug-likeness (QED) is 0.525. The van der Waals surface area contributed by atoms with Crippen LogP contribution in [0.15, 0.2) is 42.5 Å². The van der Waals surface area contributed by atoms with Crippen LogP contribution >= 0.6 is 11.6 Å². The molecule has 0 saturated carbocycles. The lowest BCUT2D eigenvalue weighted by Crippen LogP contribution is -2.28. The number of rotatable bonds is 4. The summed E-state index contributed by atoms with van der Waals surface area (Å²) in [5.41, 5.74) is 0.554. The number of hydrogen-bond donors (Lipinski definition) is 1. The Hall–Kier alpha value is -2.50. The summed E-state index contributed by atoms with van der Waals surface area (Å²) >= 11 is 5.91. The molecule has 0 heterocycles. The first kappa shape index (κ1) is 16.9. The second kappa shape index (κ2) is 6.73. The first-order chi connectivity index (χ1) is 10.8. The highest BCUT2D eigenvalue weighted by Gasteiger charge is 2.21. The molecule has 0 fully saturated rings. The van der Waals surface area contributed by atoms with Gasteiger partial charge < -0.3 is 0 Å². The van der Waals surface area contributed by atoms with Gasteiger partial charge in [-0.2, -0.15) is 5.06 Å². The molecule has 0 atom stereocenters. The molecule has 0 spiro atoms. The van der Waals surface area contributed by atoms with Crippen LogP contribution in [0.5, 0.6) is 0 Å². The van der Waals surface area contributed by atoms with Gasteiger partial charge in [-0.05, 0) is 38.1 Å². The van der Waals surface area contributed by atoms with Gasteiger partial charge in [0.05, 0.1) is 16.3 Å². The molecule has 1 amide bonds. The van der Waals surface area contributed by atoms with Crippen LogP contribution in [0.1, 0.15) is 44.9 Å². The minimum absolute atomic E-state index is 0.0711. The molecule has 118 valence electrons. The molecule has 0 bridgehead atoms. The summed E-state index contributed by atoms with van der Waals surface area (Å²) in [4.78, 5) is 35.6. The fourth-order valence-electron chi connectivity index (χ4n) is 2.12. The number of carbonyl (C=O) groups excluding carboxylic acids is 3. The zero-order valence-electron chi connectivity index (χ0n) is 12.5. The van der Waals surface area contributed by atoms with Crippen molar-refractivity contribution in [3.05, 3.63) is 64.2 Å². The summed E-state index contributed by atoms with van der Waals surface area (Å²) < 4.78 is 0. The average molecular weight is 332 g/mol. The van der Waals surface area contributed by atoms with E-state index in [2.05, 4.69) is 0 Å². The van der Waals surface area contributed by atoms with Crippen molar-refractivity contribution in [2.75, 3.05) is 5.06 Å². The lowest BCUT2D eigenvalue weighted by atomic mass is 10.0. The number of halogens is 1. The number of anilines is 1. The number of benzene rings is 2. The maximum Gasteiger partial charge on any atom is 0.282 e. The number of hydroxylamine groups is 1. The summed E-state index contributed by atoms with van der Waals surface area (Å²) in [5.74, 6) is -1.35. The summed E-state index contributed by atoms with van der Waals surface area (Å²) in [5, 5.41) is 10.8. The Labute approximate surface area is 138 Å². The molecule has 1 N–H and O–H groups in total. The van der Waals surface area contributed by atoms with Crippen molar-refractivity contribution in [2.45, 2.75) is 13.8 Å². The highest BCUT2D eigenvalue weighted by atomic mass is 35.5. The van der Waals surface area contributed by atoms with Crippen molar-refractivity contribution in [3.63, 3.8) is 0 Å². The van der Waals surface area contributed by atoms with Crippen LogP contribution in [0.4, 0.5) is 5.69 Å². The minimum Gasteiger partial charge on any atom is -0.294 e. The van der Waals surface area contributed by atoms with E-state index >= 15 is 0 Å². The third-order valence-electron chi connectivity index (χ3n) is 3.30. The fourth-order valence-corrected chi connectivity index (χ4v) is 2.37. The van der Waals surface area contributed by atoms with E-state index in [0.29, 0.717) is 5.06 Å². The molecule has 2 rings (SSSR count). The van der Waals surface area contributed by atoms with E-state index in [-0.39, 0.29) is 39.0 Å². The second-order valence-corrected chi connectivity index (χ2v) is 5.35. The van der Waals surface area contributed by atoms with Gasteiger partial charge in [0.25, 0.3) is 5.91 Å². The fraction of sp³-hybridized carbons (Fsp3) is 0.118. The molecular weight excluding hydrogens is 318 g/mol. The van der Waals surface area contributed by atoms with Crippen LogP contribution in [0.2, 0.25) is 5.02 Å². The Morgan fingerprint density at radius 2 is 1.48 bits per heavy atom. The van der Waals surface area contributed by atoms with E-state index < -0.39 is 5.91 Å². The molecule has 0 saturated heterocycles. The predicted molar refractivity (Wildman–Crippen MR) is 86.5 cm³/mol. The SMILES string of the molecule is CC(=O)c1cc(N(O)C(=O)c2ccccc2C(C)=O)ccc1Cl. The lowest BCUT2D eigenvalue weighted by molar-refractivity contribution is 0.0848. The standard InChI is InChI=1S/C17H14ClNO4/c1-10(20)13-5-3-4-6-14(13)17(22)19(23)12-7-8-16(18)15(9-12)11(2)21/h3-9,23H,1-2H3. The summed E-state index contributed by atoms with van der Waals surface area (Å²) in [6.45, 7) is 2.67. The maximum absolute atomic E-state index is 12.4. The number of amides is 1. The van der Waals surface area contributed by atoms with Crippen molar-refractivity contribution in [3.8, 4) is 0 Å². The Bertz CT molecular complexity index is 801. The van der Waals surface area contributed by atoms with Crippen molar-refractivity contribution in [2.24, 2.45) is 0 Å². The molecule has 0 aliphatic heterocycles. The first-order valence-electron chi connectivity index (χ1n) is 6.76. The second-order valence-electron chi connectivity index (χ2n) is 4.94. The van der Waals surface area contributed by atoms with Gasteiger partial charge in [0.15, 0.2) is 11.6 Å². The van der Waals surface area contributed by atoms with E-state index in [0.717, 1.165) is 0 Å². The van der Waals surface area contributed by atoms with Crippen LogP contribution in [-0.4, -0.2) is 22.7 Å². The molecule has 23 heavy (non-hydrogen) atoms. The van der Waals surface area contributed by atoms with Crippen molar-refractivity contribution in [1.29, 1.82) is 0 Å². The molecule has 2 aromatic rings. The van der Waals surface area contributed by atoms with Gasteiger partial charge in [-0.15, -0.1) is 0 Å². The molecule has 0 unspecified atom stereocenters. The Morgan fingerprint density at radius 3 is 2.04 bits per heavy atom. The molecule has 0 aromatic heterocycles. The summed E-state index contributed by atoms with van der Waals surface area (Å²) in [6.07, 6.45) is 0. The third kappa shape index (κ3) is 3.47. The lowest BCUT2D eigenvalue weighted by Gasteiger charge is -2.17. The molecule has 0 aliphatic rings. The van der Waals surface area contributed by atoms with Crippen LogP contribution in [-0.2, 0) is 0 Å². The van der Waals surface area contributed by atoms with Gasteiger partial charge in [-0.1, -0.05) is 29.8 Å². The topological polar surface area (TPSA) is 74.7 Å². The van der Waals surface area contributed by atoms with Gasteiger partial charge in [-0.3, -0.25) is 19.6 Å². The number of nitrogens with zero attached hydrogens (tertiary/aromatic N) is 1. The van der Waals surface area contributed by atoms with Crippen molar-refractivity contribution in [1.82, 2.24) is 0 Å². The van der Waals surface area contributed by atoms with Crippen LogP contribution < -0.4 is 5.06 Å². The molecule has 0 radical (unpaired) electrons. The zero-order chi connectivity index (χ0) is 17.1. The highest BCUT2D eigenvalue weighted by molar-refractivity contribution is 6.34. The Morgan fingerprint density at radius 1 is 0.913 bits per heavy atom. The third-order valence-corrected chi connectivity index (χ3v) is 3.63. The Kier molecular flexibility index (Phi) is 4.93. The smallest absolute Gasteiger partial charge is 0.282 e. The molecule has 6 heteroatoms.